The Morgan fingerprint density at radius 1 is 1.12 bits per heavy atom. The molecule has 0 fully saturated rings. The summed E-state index contributed by atoms with van der Waals surface area (Å²) in [6.07, 6.45) is 0. The lowest BCUT2D eigenvalue weighted by Crippen LogP contribution is -2.01. The van der Waals surface area contributed by atoms with E-state index in [1.807, 2.05) is 30.5 Å². The molecule has 3 aromatic heterocycles. The number of hydrogen-bond donors (Lipinski definition) is 0. The maximum Gasteiger partial charge on any atom is 0.257 e. The quantitative estimate of drug-likeness (QED) is 0.476. The third kappa shape index (κ3) is 3.27. The number of tetrazole rings is 1. The number of aryl methyl sites for hydroxylation is 2. The third-order valence-corrected chi connectivity index (χ3v) is 5.86. The summed E-state index contributed by atoms with van der Waals surface area (Å²) in [6, 6.07) is 10.1. The molecule has 0 saturated carbocycles. The van der Waals surface area contributed by atoms with Gasteiger partial charge >= 0.3 is 0 Å². The van der Waals surface area contributed by atoms with Crippen molar-refractivity contribution in [3.05, 3.63) is 52.7 Å². The second kappa shape index (κ2) is 7.00. The van der Waals surface area contributed by atoms with Crippen LogP contribution < -0.4 is 0 Å². The smallest absolute Gasteiger partial charge is 0.257 e. The van der Waals surface area contributed by atoms with Crippen LogP contribution in [-0.4, -0.2) is 30.4 Å². The summed E-state index contributed by atoms with van der Waals surface area (Å²) in [5, 5.41) is 23.0. The predicted molar refractivity (Wildman–Crippen MR) is 101 cm³/mol. The molecule has 0 aliphatic rings. The summed E-state index contributed by atoms with van der Waals surface area (Å²) in [5.41, 5.74) is 3.36. The molecule has 7 nitrogen and oxygen atoms in total. The number of benzene rings is 1. The maximum absolute atomic E-state index is 5.81. The molecule has 0 aliphatic heterocycles. The standard InChI is InChI=1S/C17H16N6OS2/c1-10-6-7-13(9-11(10)2)23-17(20-21-22-23)26-12(3)15-18-19-16(24-15)14-5-4-8-25-14/h4-9,12H,1-3H3. The fourth-order valence-electron chi connectivity index (χ4n) is 2.38. The largest absolute Gasteiger partial charge is 0.419 e. The van der Waals surface area contributed by atoms with E-state index in [2.05, 4.69) is 51.7 Å². The minimum absolute atomic E-state index is 0.0764. The highest BCUT2D eigenvalue weighted by molar-refractivity contribution is 7.99. The van der Waals surface area contributed by atoms with Crippen LogP contribution in [0.2, 0.25) is 0 Å². The number of rotatable bonds is 5. The molecule has 0 aliphatic carbocycles. The molecule has 1 atom stereocenters. The molecule has 0 N–H and O–H groups in total. The Balaban J connectivity index is 1.56. The minimum atomic E-state index is -0.0764. The molecule has 0 amide bonds. The average molecular weight is 384 g/mol. The first-order valence-electron chi connectivity index (χ1n) is 8.02. The second-order valence-corrected chi connectivity index (χ2v) is 8.08. The van der Waals surface area contributed by atoms with Gasteiger partial charge in [0.05, 0.1) is 15.8 Å². The van der Waals surface area contributed by atoms with Gasteiger partial charge in [0.1, 0.15) is 0 Å². The van der Waals surface area contributed by atoms with E-state index in [4.69, 9.17) is 4.42 Å². The zero-order valence-corrected chi connectivity index (χ0v) is 16.1. The van der Waals surface area contributed by atoms with Crippen LogP contribution in [0.15, 0.2) is 45.3 Å². The number of thiophene rings is 1. The topological polar surface area (TPSA) is 82.5 Å². The fourth-order valence-corrected chi connectivity index (χ4v) is 3.86. The molecule has 4 rings (SSSR count). The second-order valence-electron chi connectivity index (χ2n) is 5.82. The first kappa shape index (κ1) is 16.9. The Kier molecular flexibility index (Phi) is 4.56. The van der Waals surface area contributed by atoms with Crippen LogP contribution in [0.4, 0.5) is 0 Å². The van der Waals surface area contributed by atoms with E-state index < -0.39 is 0 Å². The van der Waals surface area contributed by atoms with E-state index in [-0.39, 0.29) is 5.25 Å². The van der Waals surface area contributed by atoms with Gasteiger partial charge in [0, 0.05) is 0 Å². The van der Waals surface area contributed by atoms with E-state index >= 15 is 0 Å². The lowest BCUT2D eigenvalue weighted by atomic mass is 10.1. The van der Waals surface area contributed by atoms with Gasteiger partial charge < -0.3 is 4.42 Å². The minimum Gasteiger partial charge on any atom is -0.419 e. The van der Waals surface area contributed by atoms with Gasteiger partial charge in [0.25, 0.3) is 5.89 Å². The van der Waals surface area contributed by atoms with Crippen LogP contribution in [0.3, 0.4) is 0 Å². The van der Waals surface area contributed by atoms with E-state index in [1.54, 1.807) is 16.0 Å². The molecule has 132 valence electrons. The molecule has 0 radical (unpaired) electrons. The lowest BCUT2D eigenvalue weighted by molar-refractivity contribution is 0.510. The molecule has 0 saturated heterocycles. The number of thioether (sulfide) groups is 1. The Hall–Kier alpha value is -2.52. The maximum atomic E-state index is 5.81. The van der Waals surface area contributed by atoms with Crippen molar-refractivity contribution in [2.45, 2.75) is 31.2 Å². The predicted octanol–water partition coefficient (Wildman–Crippen LogP) is 4.24. The summed E-state index contributed by atoms with van der Waals surface area (Å²) in [7, 11) is 0. The van der Waals surface area contributed by atoms with Gasteiger partial charge in [-0.2, -0.15) is 4.68 Å². The lowest BCUT2D eigenvalue weighted by Gasteiger charge is -2.08. The summed E-state index contributed by atoms with van der Waals surface area (Å²) >= 11 is 3.05. The van der Waals surface area contributed by atoms with Crippen molar-refractivity contribution in [2.24, 2.45) is 0 Å². The third-order valence-electron chi connectivity index (χ3n) is 3.98. The highest BCUT2D eigenvalue weighted by atomic mass is 32.2. The van der Waals surface area contributed by atoms with Crippen LogP contribution in [0.5, 0.6) is 0 Å². The zero-order chi connectivity index (χ0) is 18.1. The molecule has 0 bridgehead atoms. The van der Waals surface area contributed by atoms with Gasteiger partial charge in [-0.1, -0.05) is 23.9 Å². The first-order chi connectivity index (χ1) is 12.6. The molecule has 4 aromatic rings. The van der Waals surface area contributed by atoms with Crippen molar-refractivity contribution in [2.75, 3.05) is 0 Å². The van der Waals surface area contributed by atoms with Crippen LogP contribution >= 0.6 is 23.1 Å². The van der Waals surface area contributed by atoms with Crippen LogP contribution in [0.25, 0.3) is 16.5 Å². The van der Waals surface area contributed by atoms with Gasteiger partial charge in [-0.25, -0.2) is 0 Å². The van der Waals surface area contributed by atoms with Crippen LogP contribution in [0, 0.1) is 13.8 Å². The van der Waals surface area contributed by atoms with Gasteiger partial charge in [0.15, 0.2) is 0 Å². The molecule has 0 spiro atoms. The van der Waals surface area contributed by atoms with E-state index in [1.165, 1.54) is 22.9 Å². The Bertz CT molecular complexity index is 1020. The molecule has 9 heteroatoms. The van der Waals surface area contributed by atoms with E-state index in [0.717, 1.165) is 10.6 Å². The van der Waals surface area contributed by atoms with Crippen molar-refractivity contribution in [3.8, 4) is 16.5 Å². The van der Waals surface area contributed by atoms with Crippen molar-refractivity contribution >= 4 is 23.1 Å². The zero-order valence-electron chi connectivity index (χ0n) is 14.4. The Labute approximate surface area is 158 Å². The summed E-state index contributed by atoms with van der Waals surface area (Å²) in [5.74, 6) is 1.09. The first-order valence-corrected chi connectivity index (χ1v) is 9.77. The van der Waals surface area contributed by atoms with Crippen LogP contribution in [0.1, 0.15) is 29.2 Å². The van der Waals surface area contributed by atoms with Crippen molar-refractivity contribution < 1.29 is 4.42 Å². The van der Waals surface area contributed by atoms with Gasteiger partial charge in [-0.15, -0.1) is 26.6 Å². The summed E-state index contributed by atoms with van der Waals surface area (Å²) < 4.78 is 7.53. The number of aromatic nitrogens is 6. The van der Waals surface area contributed by atoms with E-state index in [0.29, 0.717) is 16.9 Å². The van der Waals surface area contributed by atoms with Crippen molar-refractivity contribution in [1.29, 1.82) is 0 Å². The number of hydrogen-bond acceptors (Lipinski definition) is 8. The molecule has 1 unspecified atom stereocenters. The Morgan fingerprint density at radius 3 is 2.77 bits per heavy atom. The van der Waals surface area contributed by atoms with E-state index in [9.17, 15) is 0 Å². The van der Waals surface area contributed by atoms with Crippen LogP contribution in [-0.2, 0) is 0 Å². The van der Waals surface area contributed by atoms with Crippen molar-refractivity contribution in [1.82, 2.24) is 30.4 Å². The molecule has 26 heavy (non-hydrogen) atoms. The monoisotopic (exact) mass is 384 g/mol. The SMILES string of the molecule is Cc1ccc(-n2nnnc2SC(C)c2nnc(-c3cccs3)o2)cc1C. The fraction of sp³-hybridized carbons (Fsp3) is 0.235. The molecular formula is C17H16N6OS2. The Morgan fingerprint density at radius 2 is 2.00 bits per heavy atom. The highest BCUT2D eigenvalue weighted by Gasteiger charge is 2.20. The highest BCUT2D eigenvalue weighted by Crippen LogP contribution is 2.35. The molecular weight excluding hydrogens is 368 g/mol. The average Bonchev–Trinajstić information content (AvgIpc) is 3.38. The molecule has 1 aromatic carbocycles. The van der Waals surface area contributed by atoms with Crippen molar-refractivity contribution in [3.63, 3.8) is 0 Å². The van der Waals surface area contributed by atoms with Gasteiger partial charge in [0.2, 0.25) is 11.0 Å². The summed E-state index contributed by atoms with van der Waals surface area (Å²) in [4.78, 5) is 0.959. The van der Waals surface area contributed by atoms with Gasteiger partial charge in [-0.05, 0) is 65.9 Å². The van der Waals surface area contributed by atoms with Gasteiger partial charge in [-0.3, -0.25) is 0 Å². The summed E-state index contributed by atoms with van der Waals surface area (Å²) in [6.45, 7) is 6.15. The normalized spacial score (nSPS) is 12.4. The number of nitrogens with zero attached hydrogens (tertiary/aromatic N) is 6. The molecule has 3 heterocycles.